The summed E-state index contributed by atoms with van der Waals surface area (Å²) in [4.78, 5) is 15.0. The first kappa shape index (κ1) is 19.0. The normalized spacial score (nSPS) is 15.5. The fraction of sp³-hybridized carbons (Fsp3) is 0.381. The van der Waals surface area contributed by atoms with Crippen LogP contribution in [0, 0.1) is 0 Å². The Kier molecular flexibility index (Phi) is 5.35. The van der Waals surface area contributed by atoms with Gasteiger partial charge < -0.3 is 18.8 Å². The van der Waals surface area contributed by atoms with Gasteiger partial charge >= 0.3 is 0 Å². The summed E-state index contributed by atoms with van der Waals surface area (Å²) in [5.41, 5.74) is 0.601. The van der Waals surface area contributed by atoms with Gasteiger partial charge in [0, 0.05) is 18.7 Å². The molecule has 156 valence electrons. The van der Waals surface area contributed by atoms with Crippen molar-refractivity contribution in [3.8, 4) is 11.5 Å². The summed E-state index contributed by atoms with van der Waals surface area (Å²) in [7, 11) is 0. The zero-order valence-corrected chi connectivity index (χ0v) is 17.3. The van der Waals surface area contributed by atoms with Gasteiger partial charge in [-0.25, -0.2) is 0 Å². The first-order chi connectivity index (χ1) is 14.8. The minimum absolute atomic E-state index is 0.00671. The van der Waals surface area contributed by atoms with Crippen LogP contribution in [0.1, 0.15) is 29.0 Å². The molecule has 0 unspecified atom stereocenters. The van der Waals surface area contributed by atoms with Crippen molar-refractivity contribution in [2.24, 2.45) is 0 Å². The molecule has 0 spiro atoms. The minimum Gasteiger partial charge on any atom is -0.486 e. The number of carbonyl (C=O) groups is 1. The molecule has 0 aliphatic carbocycles. The molecule has 8 nitrogen and oxygen atoms in total. The van der Waals surface area contributed by atoms with Crippen LogP contribution >= 0.6 is 11.8 Å². The fourth-order valence-corrected chi connectivity index (χ4v) is 4.49. The molecule has 3 aromatic rings. The SMILES string of the molecule is O=C(CSc1nnc(N2CCCC2)n1Cc1ccco1)c1ccc2c(c1)OCCO2. The number of rotatable bonds is 7. The van der Waals surface area contributed by atoms with Crippen LogP contribution in [-0.4, -0.2) is 52.6 Å². The van der Waals surface area contributed by atoms with E-state index in [0.717, 1.165) is 37.6 Å². The number of carbonyl (C=O) groups excluding carboxylic acids is 1. The van der Waals surface area contributed by atoms with E-state index in [1.807, 2.05) is 16.7 Å². The van der Waals surface area contributed by atoms with E-state index in [-0.39, 0.29) is 11.5 Å². The van der Waals surface area contributed by atoms with Gasteiger partial charge in [0.15, 0.2) is 22.4 Å². The molecule has 0 atom stereocenters. The summed E-state index contributed by atoms with van der Waals surface area (Å²) in [5.74, 6) is 3.23. The molecule has 9 heteroatoms. The smallest absolute Gasteiger partial charge is 0.228 e. The maximum absolute atomic E-state index is 12.8. The van der Waals surface area contributed by atoms with Crippen LogP contribution in [0.2, 0.25) is 0 Å². The summed E-state index contributed by atoms with van der Waals surface area (Å²) in [5, 5.41) is 9.50. The van der Waals surface area contributed by atoms with E-state index in [2.05, 4.69) is 15.1 Å². The van der Waals surface area contributed by atoms with Crippen LogP contribution in [0.25, 0.3) is 0 Å². The van der Waals surface area contributed by atoms with Gasteiger partial charge in [-0.05, 0) is 43.2 Å². The van der Waals surface area contributed by atoms with Gasteiger partial charge in [0.25, 0.3) is 0 Å². The summed E-state index contributed by atoms with van der Waals surface area (Å²) >= 11 is 1.39. The van der Waals surface area contributed by atoms with E-state index in [1.54, 1.807) is 24.5 Å². The lowest BCUT2D eigenvalue weighted by molar-refractivity contribution is 0.102. The summed E-state index contributed by atoms with van der Waals surface area (Å²) < 4.78 is 18.7. The van der Waals surface area contributed by atoms with Crippen molar-refractivity contribution in [1.82, 2.24) is 14.8 Å². The molecule has 0 N–H and O–H groups in total. The Labute approximate surface area is 178 Å². The predicted molar refractivity (Wildman–Crippen MR) is 112 cm³/mol. The number of hydrogen-bond acceptors (Lipinski definition) is 8. The predicted octanol–water partition coefficient (Wildman–Crippen LogP) is 3.27. The quantitative estimate of drug-likeness (QED) is 0.421. The molecule has 2 aliphatic heterocycles. The van der Waals surface area contributed by atoms with Crippen molar-refractivity contribution in [3.63, 3.8) is 0 Å². The highest BCUT2D eigenvalue weighted by atomic mass is 32.2. The minimum atomic E-state index is 0.00671. The van der Waals surface area contributed by atoms with Gasteiger partial charge in [-0.1, -0.05) is 11.8 Å². The monoisotopic (exact) mass is 426 g/mol. The zero-order chi connectivity index (χ0) is 20.3. The number of fused-ring (bicyclic) bond motifs is 1. The number of ketones is 1. The van der Waals surface area contributed by atoms with Crippen LogP contribution in [0.5, 0.6) is 11.5 Å². The first-order valence-corrected chi connectivity index (χ1v) is 11.0. The molecule has 0 bridgehead atoms. The molecule has 1 fully saturated rings. The molecule has 2 aliphatic rings. The highest BCUT2D eigenvalue weighted by Crippen LogP contribution is 2.32. The standard InChI is InChI=1S/C21H22N4O4S/c26-17(15-5-6-18-19(12-15)29-11-10-28-18)14-30-21-23-22-20(24-7-1-2-8-24)25(21)13-16-4-3-9-27-16/h3-6,9,12H,1-2,7-8,10-11,13-14H2. The highest BCUT2D eigenvalue weighted by molar-refractivity contribution is 7.99. The van der Waals surface area contributed by atoms with Gasteiger partial charge in [-0.3, -0.25) is 9.36 Å². The Morgan fingerprint density at radius 3 is 2.70 bits per heavy atom. The fourth-order valence-electron chi connectivity index (χ4n) is 3.67. The summed E-state index contributed by atoms with van der Waals surface area (Å²) in [6, 6.07) is 9.12. The number of ether oxygens (including phenoxy) is 2. The van der Waals surface area contributed by atoms with E-state index in [9.17, 15) is 4.79 Å². The second kappa shape index (κ2) is 8.43. The van der Waals surface area contributed by atoms with Crippen molar-refractivity contribution in [3.05, 3.63) is 47.9 Å². The lowest BCUT2D eigenvalue weighted by atomic mass is 10.1. The van der Waals surface area contributed by atoms with Crippen LogP contribution in [-0.2, 0) is 6.54 Å². The van der Waals surface area contributed by atoms with Gasteiger partial charge in [-0.15, -0.1) is 10.2 Å². The molecule has 0 radical (unpaired) electrons. The first-order valence-electron chi connectivity index (χ1n) is 10.0. The molecular formula is C21H22N4O4S. The van der Waals surface area contributed by atoms with E-state index in [1.165, 1.54) is 11.8 Å². The zero-order valence-electron chi connectivity index (χ0n) is 16.5. The third-order valence-electron chi connectivity index (χ3n) is 5.18. The number of anilines is 1. The number of aromatic nitrogens is 3. The average Bonchev–Trinajstić information content (AvgIpc) is 3.54. The Balaban J connectivity index is 1.33. The van der Waals surface area contributed by atoms with E-state index in [4.69, 9.17) is 13.9 Å². The van der Waals surface area contributed by atoms with Crippen molar-refractivity contribution < 1.29 is 18.7 Å². The number of hydrogen-bond donors (Lipinski definition) is 0. The lowest BCUT2D eigenvalue weighted by Crippen LogP contribution is -2.22. The van der Waals surface area contributed by atoms with Gasteiger partial charge in [0.05, 0.1) is 18.6 Å². The number of thioether (sulfide) groups is 1. The molecule has 0 amide bonds. The number of benzene rings is 1. The van der Waals surface area contributed by atoms with E-state index >= 15 is 0 Å². The molecule has 5 rings (SSSR count). The molecule has 0 saturated carbocycles. The van der Waals surface area contributed by atoms with E-state index in [0.29, 0.717) is 42.0 Å². The molecule has 1 saturated heterocycles. The average molecular weight is 426 g/mol. The third-order valence-corrected chi connectivity index (χ3v) is 6.14. The summed E-state index contributed by atoms with van der Waals surface area (Å²) in [6.45, 7) is 3.50. The van der Waals surface area contributed by atoms with Gasteiger partial charge in [0.1, 0.15) is 19.0 Å². The maximum atomic E-state index is 12.8. The Morgan fingerprint density at radius 2 is 1.90 bits per heavy atom. The highest BCUT2D eigenvalue weighted by Gasteiger charge is 2.23. The third kappa shape index (κ3) is 3.89. The second-order valence-electron chi connectivity index (χ2n) is 7.21. The number of Topliss-reactive ketones (excluding diaryl/α,β-unsaturated/α-hetero) is 1. The molecule has 2 aromatic heterocycles. The van der Waals surface area contributed by atoms with Gasteiger partial charge in [0.2, 0.25) is 5.95 Å². The largest absolute Gasteiger partial charge is 0.486 e. The molecular weight excluding hydrogens is 404 g/mol. The molecule has 1 aromatic carbocycles. The van der Waals surface area contributed by atoms with Crippen molar-refractivity contribution >= 4 is 23.5 Å². The number of furan rings is 1. The van der Waals surface area contributed by atoms with Crippen LogP contribution < -0.4 is 14.4 Å². The Bertz CT molecular complexity index is 1030. The second-order valence-corrected chi connectivity index (χ2v) is 8.16. The van der Waals surface area contributed by atoms with Crippen molar-refractivity contribution in [2.75, 3.05) is 37.0 Å². The van der Waals surface area contributed by atoms with Gasteiger partial charge in [-0.2, -0.15) is 0 Å². The van der Waals surface area contributed by atoms with E-state index < -0.39 is 0 Å². The van der Waals surface area contributed by atoms with Crippen LogP contribution in [0.3, 0.4) is 0 Å². The topological polar surface area (TPSA) is 82.6 Å². The number of nitrogens with zero attached hydrogens (tertiary/aromatic N) is 4. The lowest BCUT2D eigenvalue weighted by Gasteiger charge is -2.18. The van der Waals surface area contributed by atoms with Crippen LogP contribution in [0.15, 0.2) is 46.2 Å². The maximum Gasteiger partial charge on any atom is 0.228 e. The summed E-state index contributed by atoms with van der Waals surface area (Å²) in [6.07, 6.45) is 3.96. The van der Waals surface area contributed by atoms with Crippen molar-refractivity contribution in [2.45, 2.75) is 24.5 Å². The Hall–Kier alpha value is -2.94. The molecule has 30 heavy (non-hydrogen) atoms. The Morgan fingerprint density at radius 1 is 1.07 bits per heavy atom. The van der Waals surface area contributed by atoms with Crippen molar-refractivity contribution in [1.29, 1.82) is 0 Å². The molecule has 4 heterocycles. The van der Waals surface area contributed by atoms with Crippen LogP contribution in [0.4, 0.5) is 5.95 Å².